The van der Waals surface area contributed by atoms with Crippen LogP contribution in [0.3, 0.4) is 0 Å². The maximum atomic E-state index is 11.2. The summed E-state index contributed by atoms with van der Waals surface area (Å²) in [7, 11) is 0. The monoisotopic (exact) mass is 246 g/mol. The Hall–Kier alpha value is -1.62. The van der Waals surface area contributed by atoms with Gasteiger partial charge in [0, 0.05) is 18.8 Å². The zero-order valence-corrected chi connectivity index (χ0v) is 10.2. The Bertz CT molecular complexity index is 422. The highest BCUT2D eigenvalue weighted by Gasteiger charge is 2.36. The van der Waals surface area contributed by atoms with Crippen molar-refractivity contribution in [2.45, 2.75) is 43.9 Å². The Morgan fingerprint density at radius 2 is 2.17 bits per heavy atom. The SMILES string of the molecule is O=C1NC2CCC(NCc3ccccn3)CC2N1. The molecule has 2 heterocycles. The molecule has 96 valence electrons. The van der Waals surface area contributed by atoms with E-state index in [0.717, 1.165) is 31.5 Å². The van der Waals surface area contributed by atoms with Crippen LogP contribution in [0.25, 0.3) is 0 Å². The second-order valence-corrected chi connectivity index (χ2v) is 5.04. The van der Waals surface area contributed by atoms with E-state index in [4.69, 9.17) is 0 Å². The van der Waals surface area contributed by atoms with Gasteiger partial charge < -0.3 is 16.0 Å². The first-order valence-corrected chi connectivity index (χ1v) is 6.51. The summed E-state index contributed by atoms with van der Waals surface area (Å²) in [4.78, 5) is 15.5. The fraction of sp³-hybridized carbons (Fsp3) is 0.538. The van der Waals surface area contributed by atoms with Gasteiger partial charge in [-0.2, -0.15) is 0 Å². The van der Waals surface area contributed by atoms with Gasteiger partial charge in [0.2, 0.25) is 0 Å². The van der Waals surface area contributed by atoms with Crippen LogP contribution in [-0.2, 0) is 6.54 Å². The lowest BCUT2D eigenvalue weighted by molar-refractivity contribution is 0.247. The topological polar surface area (TPSA) is 66.0 Å². The van der Waals surface area contributed by atoms with Crippen molar-refractivity contribution in [2.75, 3.05) is 0 Å². The first-order chi connectivity index (χ1) is 8.81. The first kappa shape index (κ1) is 11.5. The zero-order chi connectivity index (χ0) is 12.4. The van der Waals surface area contributed by atoms with Crippen LogP contribution >= 0.6 is 0 Å². The van der Waals surface area contributed by atoms with Gasteiger partial charge in [0.15, 0.2) is 0 Å². The van der Waals surface area contributed by atoms with Gasteiger partial charge in [-0.15, -0.1) is 0 Å². The molecule has 1 aromatic heterocycles. The second kappa shape index (κ2) is 4.94. The van der Waals surface area contributed by atoms with E-state index in [0.29, 0.717) is 12.1 Å². The molecule has 0 bridgehead atoms. The molecule has 0 radical (unpaired) electrons. The van der Waals surface area contributed by atoms with E-state index in [9.17, 15) is 4.79 Å². The van der Waals surface area contributed by atoms with Crippen LogP contribution in [0.5, 0.6) is 0 Å². The summed E-state index contributed by atoms with van der Waals surface area (Å²) in [6.45, 7) is 0.796. The third-order valence-corrected chi connectivity index (χ3v) is 3.78. The van der Waals surface area contributed by atoms with Crippen molar-refractivity contribution in [3.63, 3.8) is 0 Å². The average Bonchev–Trinajstić information content (AvgIpc) is 2.77. The normalized spacial score (nSPS) is 30.4. The molecule has 1 aromatic rings. The van der Waals surface area contributed by atoms with Crippen LogP contribution in [0, 0.1) is 0 Å². The minimum Gasteiger partial charge on any atom is -0.333 e. The molecule has 5 heteroatoms. The Labute approximate surface area is 106 Å². The minimum atomic E-state index is -0.0182. The van der Waals surface area contributed by atoms with Gasteiger partial charge in [-0.25, -0.2) is 4.79 Å². The highest BCUT2D eigenvalue weighted by atomic mass is 16.2. The molecule has 0 aromatic carbocycles. The third-order valence-electron chi connectivity index (χ3n) is 3.78. The number of rotatable bonds is 3. The van der Waals surface area contributed by atoms with Gasteiger partial charge >= 0.3 is 6.03 Å². The molecule has 18 heavy (non-hydrogen) atoms. The molecule has 2 aliphatic rings. The maximum Gasteiger partial charge on any atom is 0.315 e. The lowest BCUT2D eigenvalue weighted by Crippen LogP contribution is -2.46. The summed E-state index contributed by atoms with van der Waals surface area (Å²) in [6.07, 6.45) is 4.96. The fourth-order valence-corrected chi connectivity index (χ4v) is 2.82. The highest BCUT2D eigenvalue weighted by molar-refractivity contribution is 5.77. The van der Waals surface area contributed by atoms with Crippen LogP contribution in [0.4, 0.5) is 4.79 Å². The van der Waals surface area contributed by atoms with Gasteiger partial charge in [-0.3, -0.25) is 4.98 Å². The molecule has 1 aliphatic carbocycles. The molecule has 3 atom stereocenters. The number of carbonyl (C=O) groups excluding carboxylic acids is 1. The number of hydrogen-bond donors (Lipinski definition) is 3. The van der Waals surface area contributed by atoms with E-state index >= 15 is 0 Å². The predicted molar refractivity (Wildman–Crippen MR) is 68.0 cm³/mol. The lowest BCUT2D eigenvalue weighted by Gasteiger charge is -2.31. The molecule has 2 fully saturated rings. The number of fused-ring (bicyclic) bond motifs is 1. The molecule has 3 rings (SSSR count). The van der Waals surface area contributed by atoms with Gasteiger partial charge in [0.1, 0.15) is 0 Å². The molecule has 1 saturated carbocycles. The van der Waals surface area contributed by atoms with E-state index in [1.807, 2.05) is 24.4 Å². The number of nitrogens with zero attached hydrogens (tertiary/aromatic N) is 1. The molecular weight excluding hydrogens is 228 g/mol. The fourth-order valence-electron chi connectivity index (χ4n) is 2.82. The van der Waals surface area contributed by atoms with Crippen molar-refractivity contribution < 1.29 is 4.79 Å². The summed E-state index contributed by atoms with van der Waals surface area (Å²) in [5.41, 5.74) is 1.06. The Morgan fingerprint density at radius 3 is 3.00 bits per heavy atom. The van der Waals surface area contributed by atoms with Crippen LogP contribution in [-0.4, -0.2) is 29.1 Å². The number of amides is 2. The Balaban J connectivity index is 1.51. The molecular formula is C13H18N4O. The number of nitrogens with one attached hydrogen (secondary N) is 3. The Morgan fingerprint density at radius 1 is 1.28 bits per heavy atom. The van der Waals surface area contributed by atoms with Crippen LogP contribution in [0.2, 0.25) is 0 Å². The van der Waals surface area contributed by atoms with Gasteiger partial charge in [0.25, 0.3) is 0 Å². The van der Waals surface area contributed by atoms with E-state index in [-0.39, 0.29) is 12.1 Å². The first-order valence-electron chi connectivity index (χ1n) is 6.51. The van der Waals surface area contributed by atoms with Gasteiger partial charge in [-0.05, 0) is 31.4 Å². The lowest BCUT2D eigenvalue weighted by atomic mass is 9.88. The molecule has 3 unspecified atom stereocenters. The second-order valence-electron chi connectivity index (χ2n) is 5.04. The van der Waals surface area contributed by atoms with Crippen LogP contribution in [0.1, 0.15) is 25.0 Å². The summed E-state index contributed by atoms with van der Waals surface area (Å²) < 4.78 is 0. The summed E-state index contributed by atoms with van der Waals surface area (Å²) in [5, 5.41) is 9.46. The van der Waals surface area contributed by atoms with Crippen LogP contribution in [0.15, 0.2) is 24.4 Å². The van der Waals surface area contributed by atoms with Crippen LogP contribution < -0.4 is 16.0 Å². The quantitative estimate of drug-likeness (QED) is 0.738. The number of hydrogen-bond acceptors (Lipinski definition) is 3. The largest absolute Gasteiger partial charge is 0.333 e. The molecule has 0 spiro atoms. The van der Waals surface area contributed by atoms with E-state index in [1.165, 1.54) is 0 Å². The molecule has 3 N–H and O–H groups in total. The molecule has 1 aliphatic heterocycles. The summed E-state index contributed by atoms with van der Waals surface area (Å²) >= 11 is 0. The smallest absolute Gasteiger partial charge is 0.315 e. The number of carbonyl (C=O) groups is 1. The number of urea groups is 1. The molecule has 5 nitrogen and oxygen atoms in total. The van der Waals surface area contributed by atoms with Crippen molar-refractivity contribution in [3.05, 3.63) is 30.1 Å². The van der Waals surface area contributed by atoms with Crippen molar-refractivity contribution >= 4 is 6.03 Å². The van der Waals surface area contributed by atoms with Gasteiger partial charge in [-0.1, -0.05) is 6.07 Å². The number of aromatic nitrogens is 1. The van der Waals surface area contributed by atoms with Gasteiger partial charge in [0.05, 0.1) is 17.8 Å². The third kappa shape index (κ3) is 2.46. The zero-order valence-electron chi connectivity index (χ0n) is 10.2. The van der Waals surface area contributed by atoms with Crippen molar-refractivity contribution in [1.82, 2.24) is 20.9 Å². The average molecular weight is 246 g/mol. The summed E-state index contributed by atoms with van der Waals surface area (Å²) in [5.74, 6) is 0. The minimum absolute atomic E-state index is 0.0182. The van der Waals surface area contributed by atoms with Crippen molar-refractivity contribution in [1.29, 1.82) is 0 Å². The summed E-state index contributed by atoms with van der Waals surface area (Å²) in [6, 6.07) is 7.01. The molecule has 1 saturated heterocycles. The number of pyridine rings is 1. The van der Waals surface area contributed by atoms with E-state index in [2.05, 4.69) is 20.9 Å². The standard InChI is InChI=1S/C13H18N4O/c18-13-16-11-5-4-9(7-12(11)17-13)15-8-10-3-1-2-6-14-10/h1-3,6,9,11-12,15H,4-5,7-8H2,(H2,16,17,18). The highest BCUT2D eigenvalue weighted by Crippen LogP contribution is 2.22. The maximum absolute atomic E-state index is 11.2. The van der Waals surface area contributed by atoms with E-state index in [1.54, 1.807) is 0 Å². The van der Waals surface area contributed by atoms with Crippen molar-refractivity contribution in [2.24, 2.45) is 0 Å². The van der Waals surface area contributed by atoms with E-state index < -0.39 is 0 Å². The predicted octanol–water partition coefficient (Wildman–Crippen LogP) is 0.774. The van der Waals surface area contributed by atoms with Crippen molar-refractivity contribution in [3.8, 4) is 0 Å². The Kier molecular flexibility index (Phi) is 3.15. The molecule has 2 amide bonds.